The number of amides is 1. The van der Waals surface area contributed by atoms with E-state index in [1.165, 1.54) is 6.08 Å². The van der Waals surface area contributed by atoms with Crippen molar-refractivity contribution in [3.05, 3.63) is 59.1 Å². The maximum absolute atomic E-state index is 14.5. The standard InChI is InChI=1S/C32H40F2N6O3/c1-4-27(41)38-12-10-37(11-13-38)25-15-40-23(25)7-5-6-22-24(40)14-26(36-30(22)31(33)34)39-18-32(19-39)28-20(2)8-9-35-29(28)21(16-42-3)17-43-32/h4,8-9,14,21,23,25,31H,1,5-7,10-13,15-19H2,2-3H3. The summed E-state index contributed by atoms with van der Waals surface area (Å²) < 4.78 is 41.0. The van der Waals surface area contributed by atoms with E-state index >= 15 is 0 Å². The number of rotatable bonds is 6. The Labute approximate surface area is 251 Å². The van der Waals surface area contributed by atoms with E-state index in [0.29, 0.717) is 63.2 Å². The first-order valence-electron chi connectivity index (χ1n) is 15.4. The Kier molecular flexibility index (Phi) is 7.38. The molecule has 3 atom stereocenters. The topological polar surface area (TPSA) is 74.3 Å². The molecule has 2 aromatic heterocycles. The maximum atomic E-state index is 14.5. The van der Waals surface area contributed by atoms with Gasteiger partial charge in [-0.05, 0) is 43.9 Å². The van der Waals surface area contributed by atoms with E-state index < -0.39 is 12.0 Å². The summed E-state index contributed by atoms with van der Waals surface area (Å²) in [6.45, 7) is 11.6. The Balaban J connectivity index is 1.13. The Bertz CT molecular complexity index is 1410. The zero-order valence-electron chi connectivity index (χ0n) is 25.0. The molecule has 43 heavy (non-hydrogen) atoms. The highest BCUT2D eigenvalue weighted by atomic mass is 19.3. The number of carbonyl (C=O) groups is 1. The lowest BCUT2D eigenvalue weighted by Crippen LogP contribution is -2.69. The van der Waals surface area contributed by atoms with E-state index in [-0.39, 0.29) is 23.6 Å². The molecule has 9 nitrogen and oxygen atoms in total. The van der Waals surface area contributed by atoms with Gasteiger partial charge in [-0.15, -0.1) is 0 Å². The third kappa shape index (κ3) is 4.71. The molecular weight excluding hydrogens is 554 g/mol. The van der Waals surface area contributed by atoms with E-state index in [0.717, 1.165) is 55.0 Å². The van der Waals surface area contributed by atoms with Gasteiger partial charge in [0.05, 0.1) is 32.0 Å². The number of methoxy groups -OCH3 is 1. The van der Waals surface area contributed by atoms with E-state index in [9.17, 15) is 13.6 Å². The molecule has 2 aromatic rings. The van der Waals surface area contributed by atoms with E-state index in [2.05, 4.69) is 33.2 Å². The fourth-order valence-corrected chi connectivity index (χ4v) is 8.02. The minimum absolute atomic E-state index is 0.0195. The van der Waals surface area contributed by atoms with Crippen LogP contribution in [0.2, 0.25) is 0 Å². The zero-order chi connectivity index (χ0) is 29.9. The first kappa shape index (κ1) is 28.6. The molecule has 0 aliphatic carbocycles. The number of anilines is 2. The lowest BCUT2D eigenvalue weighted by molar-refractivity contribution is -0.128. The van der Waals surface area contributed by atoms with Crippen molar-refractivity contribution < 1.29 is 23.0 Å². The number of hydrogen-bond acceptors (Lipinski definition) is 8. The number of alkyl halides is 2. The third-order valence-corrected chi connectivity index (χ3v) is 10.2. The van der Waals surface area contributed by atoms with Crippen LogP contribution in [-0.2, 0) is 26.3 Å². The number of fused-ring (bicyclic) bond motifs is 5. The maximum Gasteiger partial charge on any atom is 0.280 e. The van der Waals surface area contributed by atoms with Crippen molar-refractivity contribution in [3.8, 4) is 0 Å². The lowest BCUT2D eigenvalue weighted by atomic mass is 9.77. The van der Waals surface area contributed by atoms with Gasteiger partial charge in [-0.2, -0.15) is 0 Å². The molecule has 7 heterocycles. The van der Waals surface area contributed by atoms with Crippen LogP contribution in [0, 0.1) is 6.92 Å². The van der Waals surface area contributed by atoms with E-state index in [1.807, 2.05) is 23.2 Å². The van der Waals surface area contributed by atoms with E-state index in [1.54, 1.807) is 7.11 Å². The molecule has 3 fully saturated rings. The molecule has 0 N–H and O–H groups in total. The molecule has 0 radical (unpaired) electrons. The van der Waals surface area contributed by atoms with Gasteiger partial charge in [0, 0.05) is 86.9 Å². The van der Waals surface area contributed by atoms with E-state index in [4.69, 9.17) is 14.5 Å². The summed E-state index contributed by atoms with van der Waals surface area (Å²) in [5.41, 5.74) is 4.22. The van der Waals surface area contributed by atoms with Gasteiger partial charge in [-0.25, -0.2) is 13.8 Å². The second kappa shape index (κ2) is 11.1. The predicted octanol–water partition coefficient (Wildman–Crippen LogP) is 3.42. The summed E-state index contributed by atoms with van der Waals surface area (Å²) >= 11 is 0. The fourth-order valence-electron chi connectivity index (χ4n) is 8.02. The normalized spacial score (nSPS) is 26.3. The Morgan fingerprint density at radius 3 is 2.77 bits per heavy atom. The quantitative estimate of drug-likeness (QED) is 0.472. The average Bonchev–Trinajstić information content (AvgIpc) is 3.11. The van der Waals surface area contributed by atoms with Gasteiger partial charge in [0.2, 0.25) is 5.91 Å². The minimum Gasteiger partial charge on any atom is -0.384 e. The number of piperazine rings is 1. The number of carbonyl (C=O) groups excluding carboxylic acids is 1. The Morgan fingerprint density at radius 1 is 1.26 bits per heavy atom. The van der Waals surface area contributed by atoms with Crippen molar-refractivity contribution in [2.24, 2.45) is 0 Å². The Hall–Kier alpha value is -3.15. The van der Waals surface area contributed by atoms with Crippen LogP contribution < -0.4 is 9.80 Å². The fraction of sp³-hybridized carbons (Fsp3) is 0.594. The monoisotopic (exact) mass is 594 g/mol. The second-order valence-corrected chi connectivity index (χ2v) is 12.6. The number of pyridine rings is 2. The highest BCUT2D eigenvalue weighted by molar-refractivity contribution is 5.87. The van der Waals surface area contributed by atoms with Crippen LogP contribution in [0.15, 0.2) is 31.0 Å². The van der Waals surface area contributed by atoms with Crippen molar-refractivity contribution in [2.75, 3.05) is 75.9 Å². The first-order valence-corrected chi connectivity index (χ1v) is 15.4. The molecule has 3 saturated heterocycles. The molecule has 3 unspecified atom stereocenters. The SMILES string of the molecule is C=CC(=O)N1CCN(C2CN3c4cc(N5CC6(C5)OCC(COC)c5nccc(C)c56)nc(C(F)F)c4CCCC23)CC1. The molecule has 1 amide bonds. The first-order chi connectivity index (χ1) is 20.8. The zero-order valence-corrected chi connectivity index (χ0v) is 25.0. The molecular formula is C32H40F2N6O3. The summed E-state index contributed by atoms with van der Waals surface area (Å²) in [5, 5.41) is 0. The summed E-state index contributed by atoms with van der Waals surface area (Å²) in [6, 6.07) is 4.67. The van der Waals surface area contributed by atoms with Gasteiger partial charge in [0.25, 0.3) is 6.43 Å². The molecule has 230 valence electrons. The predicted molar refractivity (Wildman–Crippen MR) is 159 cm³/mol. The van der Waals surface area contributed by atoms with Crippen molar-refractivity contribution >= 4 is 17.4 Å². The van der Waals surface area contributed by atoms with Crippen molar-refractivity contribution in [1.29, 1.82) is 0 Å². The number of halogens is 2. The molecule has 0 bridgehead atoms. The van der Waals surface area contributed by atoms with Crippen LogP contribution in [0.5, 0.6) is 0 Å². The minimum atomic E-state index is -2.64. The average molecular weight is 595 g/mol. The Morgan fingerprint density at radius 2 is 2.05 bits per heavy atom. The molecule has 1 spiro atoms. The van der Waals surface area contributed by atoms with Crippen LogP contribution in [0.4, 0.5) is 20.3 Å². The van der Waals surface area contributed by atoms with Crippen molar-refractivity contribution in [3.63, 3.8) is 0 Å². The molecule has 7 rings (SSSR count). The largest absolute Gasteiger partial charge is 0.384 e. The number of aryl methyl sites for hydroxylation is 1. The highest BCUT2D eigenvalue weighted by Crippen LogP contribution is 2.48. The highest BCUT2D eigenvalue weighted by Gasteiger charge is 2.53. The summed E-state index contributed by atoms with van der Waals surface area (Å²) in [5.74, 6) is 0.636. The lowest BCUT2D eigenvalue weighted by Gasteiger charge is -2.56. The molecule has 5 aliphatic heterocycles. The summed E-state index contributed by atoms with van der Waals surface area (Å²) in [7, 11) is 1.69. The number of hydrogen-bond donors (Lipinski definition) is 0. The summed E-state index contributed by atoms with van der Waals surface area (Å²) in [4.78, 5) is 30.1. The number of nitrogens with zero attached hydrogens (tertiary/aromatic N) is 6. The summed E-state index contributed by atoms with van der Waals surface area (Å²) in [6.07, 6.45) is 3.00. The van der Waals surface area contributed by atoms with Crippen LogP contribution in [0.1, 0.15) is 53.3 Å². The smallest absolute Gasteiger partial charge is 0.280 e. The van der Waals surface area contributed by atoms with Gasteiger partial charge in [0.1, 0.15) is 17.1 Å². The van der Waals surface area contributed by atoms with Gasteiger partial charge in [-0.3, -0.25) is 14.7 Å². The molecule has 5 aliphatic rings. The van der Waals surface area contributed by atoms with Gasteiger partial charge < -0.3 is 24.2 Å². The third-order valence-electron chi connectivity index (χ3n) is 10.2. The van der Waals surface area contributed by atoms with Crippen LogP contribution >= 0.6 is 0 Å². The number of ether oxygens (including phenoxy) is 2. The van der Waals surface area contributed by atoms with Crippen LogP contribution in [0.25, 0.3) is 0 Å². The van der Waals surface area contributed by atoms with Gasteiger partial charge in [0.15, 0.2) is 0 Å². The molecule has 0 aromatic carbocycles. The van der Waals surface area contributed by atoms with Gasteiger partial charge >= 0.3 is 0 Å². The molecule has 11 heteroatoms. The molecule has 0 saturated carbocycles. The number of aromatic nitrogens is 2. The van der Waals surface area contributed by atoms with Crippen LogP contribution in [0.3, 0.4) is 0 Å². The van der Waals surface area contributed by atoms with Crippen molar-refractivity contribution in [2.45, 2.75) is 56.2 Å². The van der Waals surface area contributed by atoms with Crippen LogP contribution in [-0.4, -0.2) is 104 Å². The van der Waals surface area contributed by atoms with Gasteiger partial charge in [-0.1, -0.05) is 6.58 Å². The van der Waals surface area contributed by atoms with Crippen molar-refractivity contribution in [1.82, 2.24) is 19.8 Å². The second-order valence-electron chi connectivity index (χ2n) is 12.6.